The lowest BCUT2D eigenvalue weighted by atomic mass is 9.97. The van der Waals surface area contributed by atoms with Crippen molar-refractivity contribution in [3.05, 3.63) is 36.4 Å². The van der Waals surface area contributed by atoms with Crippen LogP contribution in [-0.2, 0) is 4.79 Å². The quantitative estimate of drug-likeness (QED) is 0.259. The average Bonchev–Trinajstić information content (AvgIpc) is 2.04. The number of rotatable bonds is 3. The molecule has 0 aliphatic rings. The van der Waals surface area contributed by atoms with Gasteiger partial charge in [-0.2, -0.15) is 0 Å². The summed E-state index contributed by atoms with van der Waals surface area (Å²) in [6, 6.07) is 0. The smallest absolute Gasteiger partial charge is 0.149 e. The van der Waals surface area contributed by atoms with Crippen LogP contribution in [0.3, 0.4) is 0 Å². The summed E-state index contributed by atoms with van der Waals surface area (Å²) in [5.41, 5.74) is 0.805. The molecule has 0 bridgehead atoms. The van der Waals surface area contributed by atoms with E-state index in [9.17, 15) is 4.79 Å². The number of aldehydes is 1. The number of carbonyl (C=O) groups is 1. The van der Waals surface area contributed by atoms with Gasteiger partial charge in [0.2, 0.25) is 0 Å². The summed E-state index contributed by atoms with van der Waals surface area (Å²) in [4.78, 5) is 9.90. The molecule has 0 N–H and O–H groups in total. The molecule has 2 heteroatoms. The van der Waals surface area contributed by atoms with Gasteiger partial charge in [0, 0.05) is 5.57 Å². The van der Waals surface area contributed by atoms with E-state index in [1.165, 1.54) is 12.2 Å². The number of hydrogen-bond donors (Lipinski definition) is 0. The SMILES string of the molecule is CC.[B]C(=C)/C=C\C(=C)C=O. The molecular weight excluding hydrogens is 135 g/mol. The predicted octanol–water partition coefficient (Wildman–Crippen LogP) is 2.01. The van der Waals surface area contributed by atoms with Gasteiger partial charge in [0.25, 0.3) is 0 Å². The van der Waals surface area contributed by atoms with Gasteiger partial charge in [-0.3, -0.25) is 4.79 Å². The molecule has 0 rings (SSSR count). The Bertz CT molecular complexity index is 168. The Hall–Kier alpha value is -1.05. The van der Waals surface area contributed by atoms with Gasteiger partial charge in [0.15, 0.2) is 0 Å². The molecule has 2 radical (unpaired) electrons. The molecule has 0 aromatic heterocycles. The van der Waals surface area contributed by atoms with Crippen molar-refractivity contribution >= 4 is 14.1 Å². The summed E-state index contributed by atoms with van der Waals surface area (Å²) in [7, 11) is 5.16. The van der Waals surface area contributed by atoms with Crippen LogP contribution in [0.15, 0.2) is 36.4 Å². The second kappa shape index (κ2) is 8.95. The average molecular weight is 148 g/mol. The van der Waals surface area contributed by atoms with Crippen LogP contribution in [0.1, 0.15) is 13.8 Å². The van der Waals surface area contributed by atoms with Crippen LogP contribution in [0, 0.1) is 0 Å². The summed E-state index contributed by atoms with van der Waals surface area (Å²) in [6.07, 6.45) is 3.69. The lowest BCUT2D eigenvalue weighted by Crippen LogP contribution is -1.75. The standard InChI is InChI=1S/C7H7BO.C2H6/c1-6(5-9)3-4-7(2)8;1-2/h3-5H,1-2H2;1-2H3/b4-3-;. The van der Waals surface area contributed by atoms with E-state index < -0.39 is 0 Å². The van der Waals surface area contributed by atoms with Crippen molar-refractivity contribution in [2.45, 2.75) is 13.8 Å². The largest absolute Gasteiger partial charge is 0.298 e. The minimum absolute atomic E-state index is 0.390. The predicted molar refractivity (Wildman–Crippen MR) is 50.6 cm³/mol. The van der Waals surface area contributed by atoms with E-state index in [0.29, 0.717) is 17.3 Å². The van der Waals surface area contributed by atoms with Crippen LogP contribution in [0.5, 0.6) is 0 Å². The summed E-state index contributed by atoms with van der Waals surface area (Å²) < 4.78 is 0. The first-order valence-electron chi connectivity index (χ1n) is 3.43. The third-order valence-electron chi connectivity index (χ3n) is 0.663. The van der Waals surface area contributed by atoms with Gasteiger partial charge in [-0.05, 0) is 0 Å². The van der Waals surface area contributed by atoms with E-state index in [1.54, 1.807) is 0 Å². The molecule has 0 aliphatic heterocycles. The number of hydrogen-bond acceptors (Lipinski definition) is 1. The van der Waals surface area contributed by atoms with Crippen molar-refractivity contribution in [3.8, 4) is 0 Å². The maximum absolute atomic E-state index is 9.90. The summed E-state index contributed by atoms with van der Waals surface area (Å²) in [5.74, 6) is 0. The monoisotopic (exact) mass is 148 g/mol. The fraction of sp³-hybridized carbons (Fsp3) is 0.222. The lowest BCUT2D eigenvalue weighted by molar-refractivity contribution is -0.104. The van der Waals surface area contributed by atoms with E-state index in [4.69, 9.17) is 7.85 Å². The zero-order valence-electron chi connectivity index (χ0n) is 7.13. The molecule has 0 saturated carbocycles. The minimum Gasteiger partial charge on any atom is -0.298 e. The van der Waals surface area contributed by atoms with Crippen LogP contribution >= 0.6 is 0 Å². The van der Waals surface area contributed by atoms with E-state index in [1.807, 2.05) is 13.8 Å². The molecule has 0 unspecified atom stereocenters. The fourth-order valence-electron chi connectivity index (χ4n) is 0.253. The van der Waals surface area contributed by atoms with Crippen LogP contribution in [-0.4, -0.2) is 14.1 Å². The molecule has 0 fully saturated rings. The Morgan fingerprint density at radius 1 is 1.27 bits per heavy atom. The molecule has 0 heterocycles. The highest BCUT2D eigenvalue weighted by Gasteiger charge is 1.79. The Morgan fingerprint density at radius 3 is 2.00 bits per heavy atom. The van der Waals surface area contributed by atoms with Gasteiger partial charge in [-0.15, -0.1) is 12.1 Å². The fourth-order valence-corrected chi connectivity index (χ4v) is 0.253. The maximum atomic E-state index is 9.90. The Balaban J connectivity index is 0. The zero-order chi connectivity index (χ0) is 9.28. The number of carbonyl (C=O) groups excluding carboxylic acids is 1. The molecule has 58 valence electrons. The first-order chi connectivity index (χ1) is 5.16. The molecule has 0 saturated heterocycles. The zero-order valence-corrected chi connectivity index (χ0v) is 7.13. The highest BCUT2D eigenvalue weighted by atomic mass is 16.1. The topological polar surface area (TPSA) is 17.1 Å². The lowest BCUT2D eigenvalue weighted by Gasteiger charge is -1.83. The first-order valence-corrected chi connectivity index (χ1v) is 3.43. The van der Waals surface area contributed by atoms with E-state index in [2.05, 4.69) is 13.2 Å². The molecular formula is C9H13BO. The van der Waals surface area contributed by atoms with Gasteiger partial charge >= 0.3 is 0 Å². The third-order valence-corrected chi connectivity index (χ3v) is 0.663. The second-order valence-electron chi connectivity index (χ2n) is 1.60. The summed E-state index contributed by atoms with van der Waals surface area (Å²) in [6.45, 7) is 10.8. The first kappa shape index (κ1) is 12.6. The van der Waals surface area contributed by atoms with Crippen molar-refractivity contribution in [1.29, 1.82) is 0 Å². The van der Waals surface area contributed by atoms with Crippen molar-refractivity contribution in [2.75, 3.05) is 0 Å². The number of allylic oxidation sites excluding steroid dienone is 4. The Labute approximate surface area is 69.9 Å². The second-order valence-corrected chi connectivity index (χ2v) is 1.60. The van der Waals surface area contributed by atoms with Crippen molar-refractivity contribution in [2.24, 2.45) is 0 Å². The van der Waals surface area contributed by atoms with Crippen LogP contribution in [0.4, 0.5) is 0 Å². The molecule has 1 nitrogen and oxygen atoms in total. The van der Waals surface area contributed by atoms with Crippen molar-refractivity contribution < 1.29 is 4.79 Å². The molecule has 11 heavy (non-hydrogen) atoms. The van der Waals surface area contributed by atoms with Gasteiger partial charge < -0.3 is 0 Å². The maximum Gasteiger partial charge on any atom is 0.149 e. The summed E-state index contributed by atoms with van der Waals surface area (Å²) >= 11 is 0. The highest BCUT2D eigenvalue weighted by Crippen LogP contribution is 1.90. The van der Waals surface area contributed by atoms with E-state index >= 15 is 0 Å². The Kier molecular flexibility index (Phi) is 10.3. The van der Waals surface area contributed by atoms with Crippen LogP contribution in [0.2, 0.25) is 0 Å². The van der Waals surface area contributed by atoms with Crippen molar-refractivity contribution in [3.63, 3.8) is 0 Å². The molecule has 0 aromatic rings. The van der Waals surface area contributed by atoms with Gasteiger partial charge in [0.1, 0.15) is 14.1 Å². The van der Waals surface area contributed by atoms with Gasteiger partial charge in [0.05, 0.1) is 0 Å². The van der Waals surface area contributed by atoms with Gasteiger partial charge in [-0.1, -0.05) is 32.6 Å². The normalized spacial score (nSPS) is 8.18. The van der Waals surface area contributed by atoms with E-state index in [0.717, 1.165) is 0 Å². The third kappa shape index (κ3) is 12.2. The van der Waals surface area contributed by atoms with E-state index in [-0.39, 0.29) is 0 Å². The molecule has 0 aromatic carbocycles. The van der Waals surface area contributed by atoms with Gasteiger partial charge in [-0.25, -0.2) is 0 Å². The Morgan fingerprint density at radius 2 is 1.73 bits per heavy atom. The highest BCUT2D eigenvalue weighted by molar-refractivity contribution is 6.23. The molecule has 0 aliphatic carbocycles. The minimum atomic E-state index is 0.390. The van der Waals surface area contributed by atoms with Crippen LogP contribution in [0.25, 0.3) is 0 Å². The molecule has 0 atom stereocenters. The van der Waals surface area contributed by atoms with Crippen molar-refractivity contribution in [1.82, 2.24) is 0 Å². The molecule has 0 amide bonds. The van der Waals surface area contributed by atoms with Crippen LogP contribution < -0.4 is 0 Å². The molecule has 0 spiro atoms. The summed E-state index contributed by atoms with van der Waals surface area (Å²) in [5, 5.41) is 0.